The van der Waals surface area contributed by atoms with Crippen molar-refractivity contribution in [3.63, 3.8) is 0 Å². The third-order valence-corrected chi connectivity index (χ3v) is 6.00. The van der Waals surface area contributed by atoms with E-state index < -0.39 is 9.84 Å². The maximum absolute atomic E-state index is 13.3. The highest BCUT2D eigenvalue weighted by Crippen LogP contribution is 2.32. The molecule has 2 aromatic rings. The van der Waals surface area contributed by atoms with Crippen LogP contribution in [0.4, 0.5) is 4.39 Å². The number of hydrogen-bond acceptors (Lipinski definition) is 4. The van der Waals surface area contributed by atoms with E-state index in [0.717, 1.165) is 37.1 Å². The summed E-state index contributed by atoms with van der Waals surface area (Å²) in [4.78, 5) is 6.57. The van der Waals surface area contributed by atoms with E-state index in [0.29, 0.717) is 19.0 Å². The summed E-state index contributed by atoms with van der Waals surface area (Å²) in [6.45, 7) is 6.32. The summed E-state index contributed by atoms with van der Waals surface area (Å²) < 4.78 is 39.4. The average molecular weight is 394 g/mol. The van der Waals surface area contributed by atoms with Gasteiger partial charge in [0.05, 0.1) is 11.9 Å². The SMILES string of the molecule is CC(C)Cn1c(CN2CCCC[C@@H]2c2ccc(F)cc2)cnc1S(C)(=O)=O. The first-order chi connectivity index (χ1) is 12.8. The van der Waals surface area contributed by atoms with Crippen LogP contribution in [-0.4, -0.2) is 35.7 Å². The fourth-order valence-corrected chi connectivity index (χ4v) is 4.66. The molecule has 27 heavy (non-hydrogen) atoms. The van der Waals surface area contributed by atoms with Crippen molar-refractivity contribution in [2.24, 2.45) is 5.92 Å². The number of benzene rings is 1. The van der Waals surface area contributed by atoms with Gasteiger partial charge in [0.2, 0.25) is 15.0 Å². The Bertz CT molecular complexity index is 875. The molecule has 0 aliphatic carbocycles. The molecule has 1 aromatic heterocycles. The molecule has 5 nitrogen and oxygen atoms in total. The summed E-state index contributed by atoms with van der Waals surface area (Å²) in [6.07, 6.45) is 6.16. The monoisotopic (exact) mass is 393 g/mol. The van der Waals surface area contributed by atoms with Gasteiger partial charge in [-0.25, -0.2) is 17.8 Å². The van der Waals surface area contributed by atoms with E-state index in [1.165, 1.54) is 18.4 Å². The Hall–Kier alpha value is -1.73. The summed E-state index contributed by atoms with van der Waals surface area (Å²) >= 11 is 0. The number of nitrogens with zero attached hydrogens (tertiary/aromatic N) is 3. The Morgan fingerprint density at radius 1 is 1.22 bits per heavy atom. The minimum atomic E-state index is -3.38. The highest BCUT2D eigenvalue weighted by atomic mass is 32.2. The molecule has 0 bridgehead atoms. The van der Waals surface area contributed by atoms with Gasteiger partial charge < -0.3 is 4.57 Å². The minimum absolute atomic E-state index is 0.140. The predicted octanol–water partition coefficient (Wildman–Crippen LogP) is 3.81. The lowest BCUT2D eigenvalue weighted by molar-refractivity contribution is 0.136. The van der Waals surface area contributed by atoms with Gasteiger partial charge in [-0.2, -0.15) is 0 Å². The van der Waals surface area contributed by atoms with Gasteiger partial charge in [-0.15, -0.1) is 0 Å². The van der Waals surface area contributed by atoms with Gasteiger partial charge in [0.25, 0.3) is 0 Å². The Kier molecular flexibility index (Phi) is 6.01. The van der Waals surface area contributed by atoms with Crippen LogP contribution in [0.1, 0.15) is 50.4 Å². The van der Waals surface area contributed by atoms with E-state index in [4.69, 9.17) is 0 Å². The number of piperidine rings is 1. The number of sulfone groups is 1. The number of aromatic nitrogens is 2. The summed E-state index contributed by atoms with van der Waals surface area (Å²) in [5, 5.41) is 0.140. The first-order valence-electron chi connectivity index (χ1n) is 9.49. The van der Waals surface area contributed by atoms with Crippen LogP contribution in [0.5, 0.6) is 0 Å². The zero-order chi connectivity index (χ0) is 19.6. The zero-order valence-corrected chi connectivity index (χ0v) is 17.0. The lowest BCUT2D eigenvalue weighted by Crippen LogP contribution is -2.34. The maximum atomic E-state index is 13.3. The average Bonchev–Trinajstić information content (AvgIpc) is 2.98. The van der Waals surface area contributed by atoms with Gasteiger partial charge in [0.15, 0.2) is 0 Å². The van der Waals surface area contributed by atoms with Gasteiger partial charge in [-0.1, -0.05) is 32.4 Å². The lowest BCUT2D eigenvalue weighted by Gasteiger charge is -2.36. The largest absolute Gasteiger partial charge is 0.317 e. The van der Waals surface area contributed by atoms with Crippen molar-refractivity contribution in [3.8, 4) is 0 Å². The van der Waals surface area contributed by atoms with Crippen LogP contribution in [-0.2, 0) is 22.9 Å². The second-order valence-electron chi connectivity index (χ2n) is 7.84. The van der Waals surface area contributed by atoms with Crippen LogP contribution in [0.2, 0.25) is 0 Å². The van der Waals surface area contributed by atoms with Crippen LogP contribution >= 0.6 is 0 Å². The normalized spacial score (nSPS) is 18.9. The molecule has 3 rings (SSSR count). The third kappa shape index (κ3) is 4.76. The number of rotatable bonds is 6. The highest BCUT2D eigenvalue weighted by Gasteiger charge is 2.27. The highest BCUT2D eigenvalue weighted by molar-refractivity contribution is 7.90. The van der Waals surface area contributed by atoms with Gasteiger partial charge in [0.1, 0.15) is 5.82 Å². The molecule has 0 N–H and O–H groups in total. The van der Waals surface area contributed by atoms with Gasteiger partial charge in [0, 0.05) is 25.4 Å². The molecule has 1 fully saturated rings. The van der Waals surface area contributed by atoms with Crippen molar-refractivity contribution in [2.75, 3.05) is 12.8 Å². The minimum Gasteiger partial charge on any atom is -0.317 e. The van der Waals surface area contributed by atoms with Crippen molar-refractivity contribution in [3.05, 3.63) is 47.5 Å². The van der Waals surface area contributed by atoms with Crippen LogP contribution in [0, 0.1) is 11.7 Å². The fourth-order valence-electron chi connectivity index (χ4n) is 3.83. The lowest BCUT2D eigenvalue weighted by atomic mass is 9.95. The Balaban J connectivity index is 1.90. The topological polar surface area (TPSA) is 55.2 Å². The molecule has 1 saturated heterocycles. The second kappa shape index (κ2) is 8.10. The molecule has 0 spiro atoms. The zero-order valence-electron chi connectivity index (χ0n) is 16.2. The molecular weight excluding hydrogens is 365 g/mol. The van der Waals surface area contributed by atoms with Crippen LogP contribution in [0.3, 0.4) is 0 Å². The van der Waals surface area contributed by atoms with E-state index >= 15 is 0 Å². The first kappa shape index (κ1) is 20.0. The van der Waals surface area contributed by atoms with Crippen LogP contribution in [0.25, 0.3) is 0 Å². The molecule has 7 heteroatoms. The van der Waals surface area contributed by atoms with Crippen molar-refractivity contribution in [2.45, 2.75) is 57.4 Å². The molecule has 1 atom stereocenters. The molecule has 0 radical (unpaired) electrons. The van der Waals surface area contributed by atoms with Gasteiger partial charge in [-0.05, 0) is 43.0 Å². The van der Waals surface area contributed by atoms with Gasteiger partial charge in [-0.3, -0.25) is 4.90 Å². The van der Waals surface area contributed by atoms with Crippen LogP contribution < -0.4 is 0 Å². The molecule has 0 saturated carbocycles. The molecule has 1 aromatic carbocycles. The van der Waals surface area contributed by atoms with Crippen molar-refractivity contribution >= 4 is 9.84 Å². The van der Waals surface area contributed by atoms with E-state index in [1.807, 2.05) is 16.7 Å². The van der Waals surface area contributed by atoms with Gasteiger partial charge >= 0.3 is 0 Å². The van der Waals surface area contributed by atoms with E-state index in [-0.39, 0.29) is 17.0 Å². The molecule has 0 unspecified atom stereocenters. The number of likely N-dealkylation sites (tertiary alicyclic amines) is 1. The summed E-state index contributed by atoms with van der Waals surface area (Å²) in [5.74, 6) is 0.0848. The smallest absolute Gasteiger partial charge is 0.227 e. The molecular formula is C20H28FN3O2S. The summed E-state index contributed by atoms with van der Waals surface area (Å²) in [6, 6.07) is 6.93. The predicted molar refractivity (Wildman–Crippen MR) is 104 cm³/mol. The van der Waals surface area contributed by atoms with Crippen molar-refractivity contribution in [1.82, 2.24) is 14.5 Å². The number of hydrogen-bond donors (Lipinski definition) is 0. The van der Waals surface area contributed by atoms with Crippen molar-refractivity contribution in [1.29, 1.82) is 0 Å². The molecule has 1 aliphatic rings. The summed E-state index contributed by atoms with van der Waals surface area (Å²) in [5.41, 5.74) is 2.02. The maximum Gasteiger partial charge on any atom is 0.227 e. The van der Waals surface area contributed by atoms with Crippen molar-refractivity contribution < 1.29 is 12.8 Å². The van der Waals surface area contributed by atoms with Crippen LogP contribution in [0.15, 0.2) is 35.6 Å². The molecule has 1 aliphatic heterocycles. The second-order valence-corrected chi connectivity index (χ2v) is 9.75. The third-order valence-electron chi connectivity index (χ3n) is 5.01. The molecule has 2 heterocycles. The fraction of sp³-hybridized carbons (Fsp3) is 0.550. The summed E-state index contributed by atoms with van der Waals surface area (Å²) in [7, 11) is -3.38. The number of imidazole rings is 1. The quantitative estimate of drug-likeness (QED) is 0.749. The van der Waals surface area contributed by atoms with E-state index in [9.17, 15) is 12.8 Å². The Morgan fingerprint density at radius 3 is 2.56 bits per heavy atom. The standard InChI is InChI=1S/C20H28FN3O2S/c1-15(2)13-24-18(12-22-20(24)27(3,25)26)14-23-11-5-4-6-19(23)16-7-9-17(21)10-8-16/h7-10,12,15,19H,4-6,11,13-14H2,1-3H3/t19-/m1/s1. The Morgan fingerprint density at radius 2 is 1.93 bits per heavy atom. The number of halogens is 1. The Labute approximate surface area is 161 Å². The van der Waals surface area contributed by atoms with E-state index in [1.54, 1.807) is 6.20 Å². The molecule has 0 amide bonds. The molecule has 148 valence electrons. The first-order valence-corrected chi connectivity index (χ1v) is 11.4. The van der Waals surface area contributed by atoms with E-state index in [2.05, 4.69) is 23.7 Å².